The SMILES string of the molecule is O=C(NCCO)c1ccc(C(CCc2ccccc2)Cc2ccccc2)cc1. The van der Waals surface area contributed by atoms with Gasteiger partial charge in [0.2, 0.25) is 0 Å². The van der Waals surface area contributed by atoms with Crippen LogP contribution in [0.4, 0.5) is 0 Å². The van der Waals surface area contributed by atoms with Crippen molar-refractivity contribution < 1.29 is 9.90 Å². The highest BCUT2D eigenvalue weighted by molar-refractivity contribution is 5.94. The summed E-state index contributed by atoms with van der Waals surface area (Å²) < 4.78 is 0. The first kappa shape index (κ1) is 19.8. The van der Waals surface area contributed by atoms with E-state index in [1.807, 2.05) is 24.3 Å². The Morgan fingerprint density at radius 3 is 2.04 bits per heavy atom. The number of aliphatic hydroxyl groups excluding tert-OH is 1. The van der Waals surface area contributed by atoms with E-state index < -0.39 is 0 Å². The molecule has 0 spiro atoms. The quantitative estimate of drug-likeness (QED) is 0.585. The zero-order chi connectivity index (χ0) is 19.6. The third-order valence-corrected chi connectivity index (χ3v) is 4.99. The molecule has 0 saturated heterocycles. The van der Waals surface area contributed by atoms with Gasteiger partial charge in [-0.05, 0) is 54.0 Å². The molecular formula is C25H27NO2. The Labute approximate surface area is 167 Å². The Balaban J connectivity index is 1.74. The minimum atomic E-state index is -0.149. The molecule has 3 aromatic carbocycles. The molecule has 1 atom stereocenters. The third-order valence-electron chi connectivity index (χ3n) is 4.99. The molecule has 0 aliphatic heterocycles. The van der Waals surface area contributed by atoms with Crippen LogP contribution in [0.2, 0.25) is 0 Å². The third kappa shape index (κ3) is 5.80. The molecule has 0 aliphatic rings. The van der Waals surface area contributed by atoms with Crippen LogP contribution < -0.4 is 5.32 Å². The van der Waals surface area contributed by atoms with Crippen LogP contribution in [0.15, 0.2) is 84.9 Å². The van der Waals surface area contributed by atoms with E-state index in [0.29, 0.717) is 11.5 Å². The number of benzene rings is 3. The van der Waals surface area contributed by atoms with Crippen molar-refractivity contribution in [2.45, 2.75) is 25.2 Å². The van der Waals surface area contributed by atoms with Crippen LogP contribution in [0, 0.1) is 0 Å². The van der Waals surface area contributed by atoms with Gasteiger partial charge < -0.3 is 10.4 Å². The highest BCUT2D eigenvalue weighted by Crippen LogP contribution is 2.26. The standard InChI is InChI=1S/C25H27NO2/c27-18-17-26-25(28)23-15-13-22(14-16-23)24(19-21-9-5-2-6-10-21)12-11-20-7-3-1-4-8-20/h1-10,13-16,24,27H,11-12,17-19H2,(H,26,28). The fraction of sp³-hybridized carbons (Fsp3) is 0.240. The molecule has 3 nitrogen and oxygen atoms in total. The Kier molecular flexibility index (Phi) is 7.39. The first-order valence-corrected chi connectivity index (χ1v) is 9.83. The summed E-state index contributed by atoms with van der Waals surface area (Å²) in [7, 11) is 0. The van der Waals surface area contributed by atoms with Gasteiger partial charge in [-0.15, -0.1) is 0 Å². The molecule has 144 valence electrons. The van der Waals surface area contributed by atoms with Crippen molar-refractivity contribution in [1.29, 1.82) is 0 Å². The summed E-state index contributed by atoms with van der Waals surface area (Å²) in [6, 6.07) is 29.0. The lowest BCUT2D eigenvalue weighted by Gasteiger charge is -2.18. The summed E-state index contributed by atoms with van der Waals surface area (Å²) >= 11 is 0. The van der Waals surface area contributed by atoms with Gasteiger partial charge in [0.05, 0.1) is 6.61 Å². The van der Waals surface area contributed by atoms with Gasteiger partial charge in [-0.3, -0.25) is 4.79 Å². The van der Waals surface area contributed by atoms with Gasteiger partial charge in [-0.1, -0.05) is 72.8 Å². The van der Waals surface area contributed by atoms with Crippen molar-refractivity contribution in [3.05, 3.63) is 107 Å². The first-order valence-electron chi connectivity index (χ1n) is 9.83. The maximum atomic E-state index is 12.1. The normalized spacial score (nSPS) is 11.8. The Bertz CT molecular complexity index is 845. The van der Waals surface area contributed by atoms with Crippen LogP contribution in [0.1, 0.15) is 39.4 Å². The smallest absolute Gasteiger partial charge is 0.251 e. The van der Waals surface area contributed by atoms with Gasteiger partial charge in [0.25, 0.3) is 5.91 Å². The maximum Gasteiger partial charge on any atom is 0.251 e. The van der Waals surface area contributed by atoms with Crippen LogP contribution in [0.5, 0.6) is 0 Å². The molecular weight excluding hydrogens is 346 g/mol. The van der Waals surface area contributed by atoms with Crippen LogP contribution in [0.3, 0.4) is 0 Å². The summed E-state index contributed by atoms with van der Waals surface area (Å²) in [6.45, 7) is 0.219. The second kappa shape index (κ2) is 10.4. The molecule has 28 heavy (non-hydrogen) atoms. The Morgan fingerprint density at radius 2 is 1.43 bits per heavy atom. The predicted octanol–water partition coefficient (Wildman–Crippen LogP) is 4.37. The van der Waals surface area contributed by atoms with Crippen LogP contribution >= 0.6 is 0 Å². The number of carbonyl (C=O) groups is 1. The van der Waals surface area contributed by atoms with Gasteiger partial charge in [-0.25, -0.2) is 0 Å². The van der Waals surface area contributed by atoms with Crippen molar-refractivity contribution in [3.8, 4) is 0 Å². The fourth-order valence-corrected chi connectivity index (χ4v) is 3.45. The lowest BCUT2D eigenvalue weighted by atomic mass is 9.86. The topological polar surface area (TPSA) is 49.3 Å². The Hall–Kier alpha value is -2.91. The Morgan fingerprint density at radius 1 is 0.821 bits per heavy atom. The van der Waals surface area contributed by atoms with Crippen molar-refractivity contribution >= 4 is 5.91 Å². The van der Waals surface area contributed by atoms with E-state index in [0.717, 1.165) is 19.3 Å². The molecule has 0 aliphatic carbocycles. The molecule has 0 radical (unpaired) electrons. The van der Waals surface area contributed by atoms with Crippen molar-refractivity contribution in [2.75, 3.05) is 13.2 Å². The molecule has 2 N–H and O–H groups in total. The highest BCUT2D eigenvalue weighted by Gasteiger charge is 2.14. The lowest BCUT2D eigenvalue weighted by Crippen LogP contribution is -2.26. The summed E-state index contributed by atoms with van der Waals surface area (Å²) in [5, 5.41) is 11.6. The number of hydrogen-bond donors (Lipinski definition) is 2. The minimum Gasteiger partial charge on any atom is -0.395 e. The molecule has 0 aromatic heterocycles. The van der Waals surface area contributed by atoms with E-state index >= 15 is 0 Å². The average Bonchev–Trinajstić information content (AvgIpc) is 2.76. The molecule has 3 rings (SSSR count). The van der Waals surface area contributed by atoms with E-state index in [2.05, 4.69) is 66.0 Å². The zero-order valence-electron chi connectivity index (χ0n) is 16.1. The van der Waals surface area contributed by atoms with Gasteiger partial charge in [0.1, 0.15) is 0 Å². The minimum absolute atomic E-state index is 0.0531. The number of rotatable bonds is 9. The van der Waals surface area contributed by atoms with Crippen LogP contribution in [0.25, 0.3) is 0 Å². The van der Waals surface area contributed by atoms with Gasteiger partial charge >= 0.3 is 0 Å². The van der Waals surface area contributed by atoms with E-state index in [9.17, 15) is 4.79 Å². The molecule has 0 saturated carbocycles. The average molecular weight is 373 g/mol. The summed E-state index contributed by atoms with van der Waals surface area (Å²) in [5.41, 5.74) is 4.54. The number of amides is 1. The van der Waals surface area contributed by atoms with E-state index in [-0.39, 0.29) is 19.1 Å². The second-order valence-corrected chi connectivity index (χ2v) is 7.01. The van der Waals surface area contributed by atoms with Crippen molar-refractivity contribution in [1.82, 2.24) is 5.32 Å². The number of carbonyl (C=O) groups excluding carboxylic acids is 1. The maximum absolute atomic E-state index is 12.1. The number of nitrogens with one attached hydrogen (secondary N) is 1. The number of hydrogen-bond acceptors (Lipinski definition) is 2. The summed E-state index contributed by atoms with van der Waals surface area (Å²) in [4.78, 5) is 12.1. The monoisotopic (exact) mass is 373 g/mol. The highest BCUT2D eigenvalue weighted by atomic mass is 16.3. The summed E-state index contributed by atoms with van der Waals surface area (Å²) in [6.07, 6.45) is 3.05. The van der Waals surface area contributed by atoms with E-state index in [1.165, 1.54) is 16.7 Å². The molecule has 0 bridgehead atoms. The van der Waals surface area contributed by atoms with Crippen molar-refractivity contribution in [2.24, 2.45) is 0 Å². The van der Waals surface area contributed by atoms with Gasteiger partial charge in [0.15, 0.2) is 0 Å². The second-order valence-electron chi connectivity index (χ2n) is 7.01. The largest absolute Gasteiger partial charge is 0.395 e. The van der Waals surface area contributed by atoms with Crippen LogP contribution in [-0.2, 0) is 12.8 Å². The molecule has 1 unspecified atom stereocenters. The lowest BCUT2D eigenvalue weighted by molar-refractivity contribution is 0.0944. The number of aryl methyl sites for hydroxylation is 1. The first-order chi connectivity index (χ1) is 13.8. The molecule has 1 amide bonds. The molecule has 3 heteroatoms. The summed E-state index contributed by atoms with van der Waals surface area (Å²) in [5.74, 6) is 0.238. The van der Waals surface area contributed by atoms with E-state index in [1.54, 1.807) is 0 Å². The van der Waals surface area contributed by atoms with Crippen LogP contribution in [-0.4, -0.2) is 24.2 Å². The molecule has 0 heterocycles. The van der Waals surface area contributed by atoms with E-state index in [4.69, 9.17) is 5.11 Å². The molecule has 0 fully saturated rings. The number of aliphatic hydroxyl groups is 1. The van der Waals surface area contributed by atoms with Crippen molar-refractivity contribution in [3.63, 3.8) is 0 Å². The van der Waals surface area contributed by atoms with Gasteiger partial charge in [0, 0.05) is 12.1 Å². The predicted molar refractivity (Wildman–Crippen MR) is 114 cm³/mol. The molecule has 3 aromatic rings. The zero-order valence-corrected chi connectivity index (χ0v) is 16.1. The fourth-order valence-electron chi connectivity index (χ4n) is 3.45. The van der Waals surface area contributed by atoms with Gasteiger partial charge in [-0.2, -0.15) is 0 Å².